The van der Waals surface area contributed by atoms with Crippen LogP contribution in [0.25, 0.3) is 43.6 Å². The van der Waals surface area contributed by atoms with E-state index in [2.05, 4.69) is 120 Å². The fourth-order valence-electron chi connectivity index (χ4n) is 6.73. The van der Waals surface area contributed by atoms with Crippen LogP contribution in [-0.4, -0.2) is 62.0 Å². The third kappa shape index (κ3) is 24.3. The van der Waals surface area contributed by atoms with Crippen molar-refractivity contribution in [2.45, 2.75) is 27.7 Å². The van der Waals surface area contributed by atoms with E-state index in [0.29, 0.717) is 55.2 Å². The van der Waals surface area contributed by atoms with E-state index in [4.69, 9.17) is 62.0 Å². The SMILES string of the molecule is CC(C)=CCBr.CC(C)=CCOc1cc(Nc2ncnc3ccccc23)ccc1Cl.Clc1ncnc2ccccc12.Nc1ccc(Cl)c(O)c1.O=P(Cl)(Cl)Cl.O=c1[nH]cnc2ccccc12.Oc1cc(Nc2ncnc3ccccc23)ccc1Cl. The Morgan fingerprint density at radius 2 is 0.988 bits per heavy atom. The van der Waals surface area contributed by atoms with Crippen LogP contribution in [0.4, 0.5) is 28.7 Å². The van der Waals surface area contributed by atoms with E-state index in [1.54, 1.807) is 42.7 Å². The molecule has 0 aliphatic heterocycles. The van der Waals surface area contributed by atoms with Gasteiger partial charge in [0, 0.05) is 56.8 Å². The second-order valence-corrected chi connectivity index (χ2v) is 26.5. The summed E-state index contributed by atoms with van der Waals surface area (Å²) in [6.07, 6.45) is 10.1. The summed E-state index contributed by atoms with van der Waals surface area (Å²) in [6.45, 7) is 8.72. The Morgan fingerprint density at radius 1 is 0.565 bits per heavy atom. The zero-order valence-corrected chi connectivity index (χ0v) is 53.4. The summed E-state index contributed by atoms with van der Waals surface area (Å²) in [4.78, 5) is 42.5. The summed E-state index contributed by atoms with van der Waals surface area (Å²) in [7, 11) is 0. The Labute approximate surface area is 533 Å². The van der Waals surface area contributed by atoms with Gasteiger partial charge in [-0.15, -0.1) is 0 Å². The van der Waals surface area contributed by atoms with Gasteiger partial charge in [0.2, 0.25) is 0 Å². The number of aromatic nitrogens is 8. The number of nitrogens with one attached hydrogen (secondary N) is 3. The van der Waals surface area contributed by atoms with Gasteiger partial charge in [0.15, 0.2) is 0 Å². The van der Waals surface area contributed by atoms with Gasteiger partial charge in [-0.25, -0.2) is 34.9 Å². The Kier molecular flexibility index (Phi) is 28.4. The average Bonchev–Trinajstić information content (AvgIpc) is 3.52. The number of hydrogen-bond donors (Lipinski definition) is 6. The quantitative estimate of drug-likeness (QED) is 0.0273. The van der Waals surface area contributed by atoms with Crippen LogP contribution in [0.1, 0.15) is 27.7 Å². The lowest BCUT2D eigenvalue weighted by atomic mass is 10.2. The van der Waals surface area contributed by atoms with Gasteiger partial charge >= 0.3 is 5.20 Å². The number of ether oxygens (including phenoxy) is 1. The molecule has 4 heterocycles. The summed E-state index contributed by atoms with van der Waals surface area (Å²) in [6, 6.07) is 45.6. The van der Waals surface area contributed by atoms with E-state index in [1.807, 2.05) is 129 Å². The molecule has 85 heavy (non-hydrogen) atoms. The zero-order chi connectivity index (χ0) is 61.9. The van der Waals surface area contributed by atoms with Crippen molar-refractivity contribution in [3.8, 4) is 17.2 Å². The number of para-hydroxylation sites is 4. The summed E-state index contributed by atoms with van der Waals surface area (Å²) in [5, 5.41) is 27.8. The van der Waals surface area contributed by atoms with Gasteiger partial charge in [-0.3, -0.25) is 9.36 Å². The van der Waals surface area contributed by atoms with Gasteiger partial charge in [-0.2, -0.15) is 0 Å². The van der Waals surface area contributed by atoms with Crippen LogP contribution in [0.2, 0.25) is 20.2 Å². The van der Waals surface area contributed by atoms with Crippen LogP contribution in [0.5, 0.6) is 17.2 Å². The first kappa shape index (κ1) is 68.5. The molecular formula is C60H54BrCl7N11O5P. The van der Waals surface area contributed by atoms with Crippen molar-refractivity contribution >= 4 is 174 Å². The van der Waals surface area contributed by atoms with E-state index in [1.165, 1.54) is 36.2 Å². The molecule has 0 aliphatic rings. The number of hydrogen-bond acceptors (Lipinski definition) is 15. The summed E-state index contributed by atoms with van der Waals surface area (Å²) in [5.41, 5.74) is 13.2. The van der Waals surface area contributed by atoms with Crippen molar-refractivity contribution < 1.29 is 19.5 Å². The normalized spacial score (nSPS) is 10.2. The Balaban J connectivity index is 0.000000193. The van der Waals surface area contributed by atoms with Crippen molar-refractivity contribution in [1.29, 1.82) is 0 Å². The number of phenolic OH excluding ortho intramolecular Hbond substituents is 2. The molecule has 0 unspecified atom stereocenters. The van der Waals surface area contributed by atoms with Crippen molar-refractivity contribution in [2.75, 3.05) is 28.3 Å². The minimum absolute atomic E-state index is 0.0247. The fraction of sp³-hybridized carbons (Fsp3) is 0.100. The number of H-pyrrole nitrogens is 1. The van der Waals surface area contributed by atoms with E-state index in [9.17, 15) is 14.5 Å². The van der Waals surface area contributed by atoms with E-state index in [-0.39, 0.29) is 17.1 Å². The maximum Gasteiger partial charge on any atom is 0.339 e. The average molecular weight is 1370 g/mol. The zero-order valence-electron chi connectivity index (χ0n) is 45.6. The number of nitrogens with two attached hydrogens (primary N) is 1. The molecule has 0 radical (unpaired) electrons. The van der Waals surface area contributed by atoms with Crippen molar-refractivity contribution in [1.82, 2.24) is 39.9 Å². The molecule has 11 aromatic rings. The number of aromatic amines is 1. The lowest BCUT2D eigenvalue weighted by Crippen LogP contribution is -2.05. The van der Waals surface area contributed by atoms with Gasteiger partial charge in [0.1, 0.15) is 59.6 Å². The van der Waals surface area contributed by atoms with Gasteiger partial charge in [-0.1, -0.05) is 128 Å². The topological polar surface area (TPSA) is 240 Å². The minimum Gasteiger partial charge on any atom is -0.506 e. The highest BCUT2D eigenvalue weighted by Crippen LogP contribution is 2.61. The molecule has 0 saturated carbocycles. The summed E-state index contributed by atoms with van der Waals surface area (Å²) < 4.78 is 15.2. The predicted molar refractivity (Wildman–Crippen MR) is 358 cm³/mol. The summed E-state index contributed by atoms with van der Waals surface area (Å²) in [5.74, 6) is 2.13. The monoisotopic (exact) mass is 1360 g/mol. The lowest BCUT2D eigenvalue weighted by molar-refractivity contribution is 0.362. The fourth-order valence-corrected chi connectivity index (χ4v) is 7.99. The van der Waals surface area contributed by atoms with Crippen LogP contribution < -0.4 is 26.7 Å². The molecule has 0 amide bonds. The Hall–Kier alpha value is -7.28. The second kappa shape index (κ2) is 35.2. The first-order valence-electron chi connectivity index (χ1n) is 25.0. The number of halogens is 8. The molecule has 4 aromatic heterocycles. The third-order valence-corrected chi connectivity index (χ3v) is 12.3. The van der Waals surface area contributed by atoms with Crippen molar-refractivity contribution in [3.63, 3.8) is 0 Å². The number of anilines is 5. The van der Waals surface area contributed by atoms with Gasteiger partial charge in [0.05, 0.1) is 48.8 Å². The molecule has 7 aromatic carbocycles. The largest absolute Gasteiger partial charge is 0.506 e. The Bertz CT molecular complexity index is 4110. The van der Waals surface area contributed by atoms with Gasteiger partial charge in [0.25, 0.3) is 5.56 Å². The standard InChI is InChI=1S/C19H18ClN3O.C14H10ClN3O.C8H5ClN2.C8H6N2O.C6H6ClNO.C5H9Br.Cl3OP/c1-13(2)9-10-24-18-11-14(7-8-16(18)20)23-19-15-5-3-4-6-17(15)21-12-22-19;15-11-6-5-9(7-13(11)19)18-14-10-3-1-2-4-12(10)16-8-17-14;9-8-6-3-1-2-4-7(6)10-5-11-8;11-8-6-3-1-2-4-7(6)9-5-10-8;7-5-2-1-4(8)3-6(5)9;1-5(2)3-4-6;1-5(2,3)4/h3-9,11-12H,10H2,1-2H3,(H,21,22,23);1-8,19H,(H,16,17,18);1-5H;1-5H,(H,9,10,11);1-3,9H,8H2;3H,4H2,1-2H3;. The predicted octanol–water partition coefficient (Wildman–Crippen LogP) is 19.1. The Morgan fingerprint density at radius 3 is 1.44 bits per heavy atom. The first-order chi connectivity index (χ1) is 40.6. The van der Waals surface area contributed by atoms with Gasteiger partial charge in [-0.05, 0) is 152 Å². The lowest BCUT2D eigenvalue weighted by Gasteiger charge is -2.11. The highest BCUT2D eigenvalue weighted by atomic mass is 79.9. The molecule has 7 N–H and O–H groups in total. The molecule has 16 nitrogen and oxygen atoms in total. The van der Waals surface area contributed by atoms with Crippen LogP contribution in [-0.2, 0) is 4.57 Å². The number of nitrogen functional groups attached to an aromatic ring is 1. The van der Waals surface area contributed by atoms with Crippen molar-refractivity contribution in [3.05, 3.63) is 231 Å². The molecule has 11 rings (SSSR count). The molecule has 0 saturated heterocycles. The molecule has 0 fully saturated rings. The molecule has 0 aliphatic carbocycles. The maximum absolute atomic E-state index is 11.1. The van der Waals surface area contributed by atoms with E-state index < -0.39 is 5.20 Å². The molecule has 25 heteroatoms. The van der Waals surface area contributed by atoms with Crippen LogP contribution in [0.3, 0.4) is 0 Å². The smallest absolute Gasteiger partial charge is 0.339 e. The van der Waals surface area contributed by atoms with Gasteiger partial charge < -0.3 is 36.3 Å². The van der Waals surface area contributed by atoms with E-state index >= 15 is 0 Å². The second-order valence-electron chi connectivity index (χ2n) is 17.6. The summed E-state index contributed by atoms with van der Waals surface area (Å²) >= 11 is 40.4. The first-order valence-corrected chi connectivity index (χ1v) is 32.0. The molecule has 440 valence electrons. The van der Waals surface area contributed by atoms with Crippen LogP contribution >= 0.6 is 101 Å². The number of phenols is 2. The minimum atomic E-state index is -3.22. The maximum atomic E-state index is 11.1. The molecule has 0 bridgehead atoms. The number of fused-ring (bicyclic) bond motifs is 4. The number of aromatic hydroxyl groups is 2. The number of benzene rings is 7. The highest BCUT2D eigenvalue weighted by Gasteiger charge is 2.09. The van der Waals surface area contributed by atoms with Crippen LogP contribution in [0.15, 0.2) is 205 Å². The molecule has 0 spiro atoms. The van der Waals surface area contributed by atoms with Crippen LogP contribution in [0, 0.1) is 0 Å². The third-order valence-electron chi connectivity index (χ3n) is 10.7. The number of rotatable bonds is 8. The number of allylic oxidation sites excluding steroid dienone is 3. The highest BCUT2D eigenvalue weighted by molar-refractivity contribution is 9.09. The van der Waals surface area contributed by atoms with E-state index in [0.717, 1.165) is 55.1 Å². The number of nitrogens with zero attached hydrogens (tertiary/aromatic N) is 7. The molecule has 0 atom stereocenters. The number of alkyl halides is 1. The van der Waals surface area contributed by atoms with Crippen molar-refractivity contribution in [2.24, 2.45) is 0 Å². The molecular weight excluding hydrogens is 1310 g/mol.